The normalized spacial score (nSPS) is 11.7. The highest BCUT2D eigenvalue weighted by Gasteiger charge is 2.20. The van der Waals surface area contributed by atoms with Crippen LogP contribution in [-0.4, -0.2) is 13.4 Å². The fourth-order valence-electron chi connectivity index (χ4n) is 2.08. The molecule has 0 bridgehead atoms. The summed E-state index contributed by atoms with van der Waals surface area (Å²) in [6, 6.07) is 9.47. The average Bonchev–Trinajstić information content (AvgIpc) is 2.76. The lowest BCUT2D eigenvalue weighted by Crippen LogP contribution is -2.13. The number of oxazole rings is 1. The number of fused-ring (bicyclic) bond motifs is 1. The van der Waals surface area contributed by atoms with Crippen LogP contribution in [0.4, 0.5) is 5.69 Å². The lowest BCUT2D eigenvalue weighted by atomic mass is 10.2. The number of H-pyrrole nitrogens is 1. The van der Waals surface area contributed by atoms with E-state index in [2.05, 4.69) is 9.71 Å². The summed E-state index contributed by atoms with van der Waals surface area (Å²) in [5.41, 5.74) is 1.80. The van der Waals surface area contributed by atoms with Gasteiger partial charge in [-0.3, -0.25) is 9.71 Å². The molecule has 3 rings (SSSR count). The average molecular weight is 339 g/mol. The first-order valence-electron chi connectivity index (χ1n) is 6.27. The Morgan fingerprint density at radius 1 is 1.23 bits per heavy atom. The SMILES string of the molecule is Cc1cccc(NS(=O)(=O)c2cc3oc(=O)[nH]c3cc2Cl)c1. The molecule has 0 spiro atoms. The van der Waals surface area contributed by atoms with Crippen molar-refractivity contribution >= 4 is 38.4 Å². The maximum absolute atomic E-state index is 12.5. The van der Waals surface area contributed by atoms with Crippen LogP contribution in [0.1, 0.15) is 5.56 Å². The van der Waals surface area contributed by atoms with E-state index >= 15 is 0 Å². The van der Waals surface area contributed by atoms with Gasteiger partial charge in [0.15, 0.2) is 5.58 Å². The van der Waals surface area contributed by atoms with E-state index in [1.54, 1.807) is 18.2 Å². The van der Waals surface area contributed by atoms with Crippen molar-refractivity contribution < 1.29 is 12.8 Å². The molecule has 0 radical (unpaired) electrons. The zero-order chi connectivity index (χ0) is 15.9. The van der Waals surface area contributed by atoms with Gasteiger partial charge in [0.1, 0.15) is 4.90 Å². The van der Waals surface area contributed by atoms with E-state index in [1.165, 1.54) is 12.1 Å². The van der Waals surface area contributed by atoms with Gasteiger partial charge in [-0.2, -0.15) is 0 Å². The summed E-state index contributed by atoms with van der Waals surface area (Å²) in [7, 11) is -3.90. The molecule has 0 aliphatic carbocycles. The van der Waals surface area contributed by atoms with E-state index in [1.807, 2.05) is 13.0 Å². The molecule has 2 aromatic carbocycles. The molecule has 1 heterocycles. The maximum Gasteiger partial charge on any atom is 0.417 e. The summed E-state index contributed by atoms with van der Waals surface area (Å²) in [6.07, 6.45) is 0. The molecule has 3 aromatic rings. The van der Waals surface area contributed by atoms with E-state index in [-0.39, 0.29) is 15.5 Å². The molecule has 22 heavy (non-hydrogen) atoms. The van der Waals surface area contributed by atoms with Crippen molar-refractivity contribution in [3.05, 3.63) is 57.5 Å². The Labute approximate surface area is 130 Å². The van der Waals surface area contributed by atoms with Crippen LogP contribution in [0.15, 0.2) is 50.5 Å². The van der Waals surface area contributed by atoms with Crippen LogP contribution in [0, 0.1) is 6.92 Å². The summed E-state index contributed by atoms with van der Waals surface area (Å²) in [6.45, 7) is 1.85. The summed E-state index contributed by atoms with van der Waals surface area (Å²) in [5, 5.41) is -0.00953. The smallest absolute Gasteiger partial charge is 0.408 e. The Bertz CT molecular complexity index is 1020. The van der Waals surface area contributed by atoms with Crippen molar-refractivity contribution in [2.75, 3.05) is 4.72 Å². The minimum atomic E-state index is -3.90. The van der Waals surface area contributed by atoms with Gasteiger partial charge in [-0.15, -0.1) is 0 Å². The third kappa shape index (κ3) is 2.72. The summed E-state index contributed by atoms with van der Waals surface area (Å²) >= 11 is 6.01. The molecule has 114 valence electrons. The van der Waals surface area contributed by atoms with Gasteiger partial charge in [0, 0.05) is 11.8 Å². The molecular formula is C14H11ClN2O4S. The number of hydrogen-bond donors (Lipinski definition) is 2. The highest BCUT2D eigenvalue weighted by Crippen LogP contribution is 2.28. The van der Waals surface area contributed by atoms with Crippen molar-refractivity contribution in [2.45, 2.75) is 11.8 Å². The second-order valence-electron chi connectivity index (χ2n) is 4.77. The Balaban J connectivity index is 2.08. The predicted molar refractivity (Wildman–Crippen MR) is 83.8 cm³/mol. The topological polar surface area (TPSA) is 92.2 Å². The van der Waals surface area contributed by atoms with Gasteiger partial charge in [-0.25, -0.2) is 13.2 Å². The van der Waals surface area contributed by atoms with Crippen molar-refractivity contribution in [3.63, 3.8) is 0 Å². The zero-order valence-corrected chi connectivity index (χ0v) is 13.0. The summed E-state index contributed by atoms with van der Waals surface area (Å²) < 4.78 is 32.2. The standard InChI is InChI=1S/C14H11ClN2O4S/c1-8-3-2-4-9(5-8)17-22(19,20)13-7-12-11(6-10(13)15)16-14(18)21-12/h2-7,17H,1H3,(H,16,18). The Morgan fingerprint density at radius 2 is 2.00 bits per heavy atom. The summed E-state index contributed by atoms with van der Waals surface area (Å²) in [4.78, 5) is 13.4. The molecule has 0 amide bonds. The number of aromatic nitrogens is 1. The number of rotatable bonds is 3. The lowest BCUT2D eigenvalue weighted by Gasteiger charge is -2.10. The van der Waals surface area contributed by atoms with Gasteiger partial charge in [-0.1, -0.05) is 23.7 Å². The summed E-state index contributed by atoms with van der Waals surface area (Å²) in [5.74, 6) is -0.674. The first-order valence-corrected chi connectivity index (χ1v) is 8.13. The fraction of sp³-hybridized carbons (Fsp3) is 0.0714. The molecule has 0 saturated heterocycles. The lowest BCUT2D eigenvalue weighted by molar-refractivity contribution is 0.554. The second-order valence-corrected chi connectivity index (χ2v) is 6.83. The molecular weight excluding hydrogens is 328 g/mol. The largest absolute Gasteiger partial charge is 0.417 e. The van der Waals surface area contributed by atoms with Crippen molar-refractivity contribution in [1.82, 2.24) is 4.98 Å². The van der Waals surface area contributed by atoms with Crippen molar-refractivity contribution in [1.29, 1.82) is 0 Å². The first-order chi connectivity index (χ1) is 10.3. The van der Waals surface area contributed by atoms with E-state index in [0.29, 0.717) is 11.2 Å². The number of halogens is 1. The maximum atomic E-state index is 12.5. The van der Waals surface area contributed by atoms with Crippen LogP contribution in [0.25, 0.3) is 11.1 Å². The van der Waals surface area contributed by atoms with Crippen molar-refractivity contribution in [2.24, 2.45) is 0 Å². The highest BCUT2D eigenvalue weighted by atomic mass is 35.5. The Morgan fingerprint density at radius 3 is 2.73 bits per heavy atom. The first kappa shape index (κ1) is 14.7. The number of aryl methyl sites for hydroxylation is 1. The number of sulfonamides is 1. The van der Waals surface area contributed by atoms with Gasteiger partial charge in [0.25, 0.3) is 10.0 Å². The van der Waals surface area contributed by atoms with Crippen LogP contribution >= 0.6 is 11.6 Å². The molecule has 0 fully saturated rings. The molecule has 0 unspecified atom stereocenters. The molecule has 0 saturated carbocycles. The van der Waals surface area contributed by atoms with Crippen LogP contribution in [0.3, 0.4) is 0 Å². The van der Waals surface area contributed by atoms with E-state index in [9.17, 15) is 13.2 Å². The van der Waals surface area contributed by atoms with Gasteiger partial charge < -0.3 is 4.42 Å². The van der Waals surface area contributed by atoms with Gasteiger partial charge in [0.2, 0.25) is 0 Å². The minimum absolute atomic E-state index is 0.00953. The molecule has 0 aliphatic heterocycles. The quantitative estimate of drug-likeness (QED) is 0.768. The molecule has 0 aliphatic rings. The van der Waals surface area contributed by atoms with Crippen LogP contribution in [-0.2, 0) is 10.0 Å². The Hall–Kier alpha value is -2.25. The van der Waals surface area contributed by atoms with Gasteiger partial charge in [-0.05, 0) is 30.7 Å². The predicted octanol–water partition coefficient (Wildman–Crippen LogP) is 2.88. The third-order valence-electron chi connectivity index (χ3n) is 3.03. The number of hydrogen-bond acceptors (Lipinski definition) is 4. The zero-order valence-electron chi connectivity index (χ0n) is 11.4. The van der Waals surface area contributed by atoms with E-state index < -0.39 is 15.8 Å². The highest BCUT2D eigenvalue weighted by molar-refractivity contribution is 7.92. The number of anilines is 1. The second kappa shape index (κ2) is 5.19. The number of nitrogens with one attached hydrogen (secondary N) is 2. The molecule has 2 N–H and O–H groups in total. The third-order valence-corrected chi connectivity index (χ3v) is 4.88. The van der Waals surface area contributed by atoms with Gasteiger partial charge in [0.05, 0.1) is 10.5 Å². The van der Waals surface area contributed by atoms with E-state index in [0.717, 1.165) is 5.56 Å². The number of aromatic amines is 1. The van der Waals surface area contributed by atoms with Crippen LogP contribution in [0.2, 0.25) is 5.02 Å². The van der Waals surface area contributed by atoms with E-state index in [4.69, 9.17) is 16.0 Å². The van der Waals surface area contributed by atoms with Crippen LogP contribution in [0.5, 0.6) is 0 Å². The fourth-order valence-corrected chi connectivity index (χ4v) is 3.67. The molecule has 8 heteroatoms. The number of benzene rings is 2. The molecule has 0 atom stereocenters. The van der Waals surface area contributed by atoms with Crippen LogP contribution < -0.4 is 10.5 Å². The molecule has 1 aromatic heterocycles. The Kier molecular flexibility index (Phi) is 3.46. The monoisotopic (exact) mass is 338 g/mol. The van der Waals surface area contributed by atoms with Gasteiger partial charge >= 0.3 is 5.76 Å². The minimum Gasteiger partial charge on any atom is -0.408 e. The van der Waals surface area contributed by atoms with Crippen molar-refractivity contribution in [3.8, 4) is 0 Å². The molecule has 6 nitrogen and oxygen atoms in total.